The van der Waals surface area contributed by atoms with Crippen molar-refractivity contribution in [3.63, 3.8) is 0 Å². The molecule has 0 aromatic rings. The highest BCUT2D eigenvalue weighted by Crippen LogP contribution is 2.30. The molecule has 15 heteroatoms. The Bertz CT molecular complexity index is 1470. The average molecular weight is 1100 g/mol. The fraction of sp³-hybridized carbons (Fsp3) is 0.887. The largest absolute Gasteiger partial charge is 0.466 e. The molecule has 15 nitrogen and oxygen atoms in total. The summed E-state index contributed by atoms with van der Waals surface area (Å²) in [7, 11) is 0. The van der Waals surface area contributed by atoms with E-state index in [2.05, 4.69) is 41.5 Å². The predicted octanol–water partition coefficient (Wildman–Crippen LogP) is 14.8. The van der Waals surface area contributed by atoms with Crippen LogP contribution in [0.1, 0.15) is 282 Å². The quantitative estimate of drug-likeness (QED) is 0.0319. The molecule has 0 spiro atoms. The van der Waals surface area contributed by atoms with Crippen molar-refractivity contribution in [3.05, 3.63) is 0 Å². The first-order chi connectivity index (χ1) is 36.9. The normalized spacial score (nSPS) is 14.4. The Morgan fingerprint density at radius 1 is 0.468 bits per heavy atom. The molecule has 0 saturated carbocycles. The van der Waals surface area contributed by atoms with Gasteiger partial charge in [0.15, 0.2) is 0 Å². The Hall–Kier alpha value is -3.75. The van der Waals surface area contributed by atoms with Gasteiger partial charge >= 0.3 is 35.9 Å². The van der Waals surface area contributed by atoms with Crippen LogP contribution in [0.15, 0.2) is 0 Å². The maximum Gasteiger partial charge on any atom is 0.410 e. The summed E-state index contributed by atoms with van der Waals surface area (Å²) in [4.78, 5) is 88.6. The number of hydrogen-bond acceptors (Lipinski definition) is 14. The van der Waals surface area contributed by atoms with Crippen LogP contribution in [0.2, 0.25) is 0 Å². The van der Waals surface area contributed by atoms with Gasteiger partial charge in [0.1, 0.15) is 18.0 Å². The third kappa shape index (κ3) is 47.9. The minimum absolute atomic E-state index is 0.0251. The second-order valence-electron chi connectivity index (χ2n) is 22.1. The Kier molecular flexibility index (Phi) is 50.5. The molecule has 1 aliphatic rings. The number of Topliss-reactive ketones (excluding diaryl/α,β-unsaturated/α-hetero) is 1. The van der Waals surface area contributed by atoms with E-state index >= 15 is 0 Å². The molecule has 0 bridgehead atoms. The summed E-state index contributed by atoms with van der Waals surface area (Å²) in [5.74, 6) is -1.18. The van der Waals surface area contributed by atoms with Gasteiger partial charge in [0.05, 0.1) is 52.1 Å². The van der Waals surface area contributed by atoms with E-state index in [1.807, 2.05) is 13.8 Å². The number of carbonyl (C=O) groups excluding carboxylic acids is 7. The summed E-state index contributed by atoms with van der Waals surface area (Å²) in [5, 5.41) is 0. The third-order valence-corrected chi connectivity index (χ3v) is 13.4. The van der Waals surface area contributed by atoms with Crippen molar-refractivity contribution in [1.29, 1.82) is 0 Å². The van der Waals surface area contributed by atoms with Gasteiger partial charge in [-0.15, -0.1) is 0 Å². The van der Waals surface area contributed by atoms with E-state index in [0.29, 0.717) is 77.3 Å². The van der Waals surface area contributed by atoms with Crippen LogP contribution in [-0.2, 0) is 57.2 Å². The van der Waals surface area contributed by atoms with E-state index in [9.17, 15) is 33.6 Å². The Morgan fingerprint density at radius 2 is 0.831 bits per heavy atom. The number of hydrogen-bond donors (Lipinski definition) is 0. The number of likely N-dealkylation sites (tertiary alicyclic amines) is 1. The molecule has 1 saturated heterocycles. The fourth-order valence-electron chi connectivity index (χ4n) is 8.43. The SMILES string of the molecule is CCCCCCCCOC(=O)CC.CCCCCCCCOC(=O)CC(C)CC.CCCCCCCCOC(=O)CN(CC(=O)OCCCCCCCC)CC(=O)OCC1CCC(CCC(=O)CC)N1C(=O)OC(C)(C)C. The molecule has 1 amide bonds. The van der Waals surface area contributed by atoms with E-state index in [4.69, 9.17) is 28.4 Å². The lowest BCUT2D eigenvalue weighted by molar-refractivity contribution is -0.153. The highest BCUT2D eigenvalue weighted by atomic mass is 16.6. The maximum atomic E-state index is 13.2. The van der Waals surface area contributed by atoms with E-state index < -0.39 is 35.6 Å². The second kappa shape index (κ2) is 51.7. The van der Waals surface area contributed by atoms with Crippen molar-refractivity contribution in [3.8, 4) is 0 Å². The molecule has 0 aromatic heterocycles. The minimum Gasteiger partial charge on any atom is -0.466 e. The molecule has 0 aromatic carbocycles. The van der Waals surface area contributed by atoms with Crippen LogP contribution in [0.25, 0.3) is 0 Å². The molecule has 77 heavy (non-hydrogen) atoms. The topological polar surface area (TPSA) is 181 Å². The summed E-state index contributed by atoms with van der Waals surface area (Å²) in [6, 6.07) is -0.609. The molecule has 1 heterocycles. The number of ketones is 1. The van der Waals surface area contributed by atoms with E-state index in [-0.39, 0.29) is 50.0 Å². The van der Waals surface area contributed by atoms with Crippen molar-refractivity contribution in [2.45, 2.75) is 299 Å². The van der Waals surface area contributed by atoms with Crippen molar-refractivity contribution in [2.75, 3.05) is 52.7 Å². The van der Waals surface area contributed by atoms with Gasteiger partial charge < -0.3 is 28.4 Å². The molecule has 1 fully saturated rings. The first-order valence-electron chi connectivity index (χ1n) is 30.9. The molecule has 3 unspecified atom stereocenters. The molecule has 3 atom stereocenters. The molecular weight excluding hydrogens is 981 g/mol. The minimum atomic E-state index is -0.710. The van der Waals surface area contributed by atoms with Crippen LogP contribution < -0.4 is 0 Å². The molecule has 0 radical (unpaired) electrons. The van der Waals surface area contributed by atoms with E-state index in [1.54, 1.807) is 25.7 Å². The van der Waals surface area contributed by atoms with Crippen LogP contribution in [0.3, 0.4) is 0 Å². The van der Waals surface area contributed by atoms with Crippen molar-refractivity contribution in [2.24, 2.45) is 5.92 Å². The Balaban J connectivity index is 0. The lowest BCUT2D eigenvalue weighted by Gasteiger charge is -2.32. The second-order valence-corrected chi connectivity index (χ2v) is 22.1. The van der Waals surface area contributed by atoms with Gasteiger partial charge in [-0.25, -0.2) is 4.79 Å². The van der Waals surface area contributed by atoms with Crippen molar-refractivity contribution >= 4 is 41.7 Å². The summed E-state index contributed by atoms with van der Waals surface area (Å²) in [6.07, 6.45) is 31.8. The predicted molar refractivity (Wildman–Crippen MR) is 309 cm³/mol. The maximum absolute atomic E-state index is 13.2. The van der Waals surface area contributed by atoms with Gasteiger partial charge in [0.2, 0.25) is 0 Å². The zero-order chi connectivity index (χ0) is 58.0. The fourth-order valence-corrected chi connectivity index (χ4v) is 8.43. The first kappa shape index (κ1) is 75.3. The molecule has 0 aliphatic carbocycles. The third-order valence-electron chi connectivity index (χ3n) is 13.4. The molecule has 452 valence electrons. The summed E-state index contributed by atoms with van der Waals surface area (Å²) in [5.41, 5.74) is -0.710. The summed E-state index contributed by atoms with van der Waals surface area (Å²) >= 11 is 0. The number of nitrogens with zero attached hydrogens (tertiary/aromatic N) is 2. The highest BCUT2D eigenvalue weighted by Gasteiger charge is 2.40. The number of ether oxygens (including phenoxy) is 6. The van der Waals surface area contributed by atoms with Gasteiger partial charge in [-0.05, 0) is 71.6 Å². The van der Waals surface area contributed by atoms with Crippen LogP contribution >= 0.6 is 0 Å². The van der Waals surface area contributed by atoms with E-state index in [1.165, 1.54) is 94.8 Å². The number of amides is 1. The van der Waals surface area contributed by atoms with Crippen LogP contribution in [0.5, 0.6) is 0 Å². The van der Waals surface area contributed by atoms with Crippen molar-refractivity contribution < 1.29 is 62.0 Å². The lowest BCUT2D eigenvalue weighted by atomic mass is 10.1. The number of esters is 5. The average Bonchev–Trinajstić information content (AvgIpc) is 3.81. The van der Waals surface area contributed by atoms with Crippen molar-refractivity contribution in [1.82, 2.24) is 9.80 Å². The molecule has 1 rings (SSSR count). The zero-order valence-corrected chi connectivity index (χ0v) is 51.2. The number of rotatable bonds is 44. The molecular formula is C62H116N2O13. The van der Waals surface area contributed by atoms with Crippen LogP contribution in [0.4, 0.5) is 4.79 Å². The van der Waals surface area contributed by atoms with Gasteiger partial charge in [-0.3, -0.25) is 38.6 Å². The monoisotopic (exact) mass is 1100 g/mol. The van der Waals surface area contributed by atoms with Gasteiger partial charge in [0, 0.05) is 31.7 Å². The number of carbonyl (C=O) groups is 7. The van der Waals surface area contributed by atoms with Gasteiger partial charge in [0.25, 0.3) is 0 Å². The highest BCUT2D eigenvalue weighted by molar-refractivity contribution is 5.79. The van der Waals surface area contributed by atoms with Gasteiger partial charge in [-0.1, -0.05) is 190 Å². The van der Waals surface area contributed by atoms with Gasteiger partial charge in [-0.2, -0.15) is 0 Å². The molecule has 0 N–H and O–H groups in total. The zero-order valence-electron chi connectivity index (χ0n) is 51.2. The smallest absolute Gasteiger partial charge is 0.410 e. The summed E-state index contributed by atoms with van der Waals surface area (Å²) < 4.78 is 32.2. The van der Waals surface area contributed by atoms with E-state index in [0.717, 1.165) is 70.6 Å². The standard InChI is InChI=1S/C37H66N2O9.C14H28O2.C11H22O2/c1-7-10-12-14-16-18-24-45-33(41)26-38(27-34(42)46-25-19-17-15-13-11-8-2)28-35(43)47-29-31-21-20-30(22-23-32(40)9-3)39(31)36(44)48-37(4,5)6;1-4-6-7-8-9-10-11-16-14(15)12-13(3)5-2;1-3-5-6-7-8-9-10-13-11(12)4-2/h30-31H,7-29H2,1-6H3;13H,4-12H2,1-3H3;3-10H2,1-2H3. The lowest BCUT2D eigenvalue weighted by Crippen LogP contribution is -2.46. The Morgan fingerprint density at radius 3 is 1.21 bits per heavy atom. The Labute approximate surface area is 469 Å². The first-order valence-corrected chi connectivity index (χ1v) is 30.9. The van der Waals surface area contributed by atoms with Crippen LogP contribution in [-0.4, -0.2) is 122 Å². The van der Waals surface area contributed by atoms with Crippen LogP contribution in [0, 0.1) is 5.92 Å². The molecule has 1 aliphatic heterocycles. The number of unbranched alkanes of at least 4 members (excludes halogenated alkanes) is 20. The summed E-state index contributed by atoms with van der Waals surface area (Å²) in [6.45, 7) is 22.9.